The summed E-state index contributed by atoms with van der Waals surface area (Å²) in [4.78, 5) is 12.7. The van der Waals surface area contributed by atoms with Gasteiger partial charge in [-0.05, 0) is 45.0 Å². The van der Waals surface area contributed by atoms with Crippen LogP contribution in [0.15, 0.2) is 47.4 Å². The fourth-order valence-electron chi connectivity index (χ4n) is 3.09. The Balaban J connectivity index is 2.32. The lowest BCUT2D eigenvalue weighted by Crippen LogP contribution is -2.60. The first-order valence-corrected chi connectivity index (χ1v) is 8.08. The van der Waals surface area contributed by atoms with E-state index in [1.54, 1.807) is 57.3 Å². The van der Waals surface area contributed by atoms with E-state index in [2.05, 4.69) is 0 Å². The number of aromatic nitrogens is 1. The fourth-order valence-corrected chi connectivity index (χ4v) is 3.22. The maximum Gasteiger partial charge on any atom is 0.251 e. The normalized spacial score (nSPS) is 24.8. The minimum atomic E-state index is -1.33. The molecule has 1 aromatic carbocycles. The summed E-state index contributed by atoms with van der Waals surface area (Å²) in [6, 6.07) is 9.62. The maximum absolute atomic E-state index is 12.4. The lowest BCUT2D eigenvalue weighted by molar-refractivity contribution is -0.139. The summed E-state index contributed by atoms with van der Waals surface area (Å²) in [7, 11) is 0. The van der Waals surface area contributed by atoms with Gasteiger partial charge in [-0.15, -0.1) is 0 Å². The molecule has 0 aliphatic carbocycles. The number of pyridine rings is 1. The molecule has 0 spiro atoms. The van der Waals surface area contributed by atoms with Gasteiger partial charge >= 0.3 is 0 Å². The number of aliphatic hydroxyl groups is 1. The van der Waals surface area contributed by atoms with Crippen molar-refractivity contribution in [2.45, 2.75) is 38.0 Å². The van der Waals surface area contributed by atoms with Gasteiger partial charge in [0.15, 0.2) is 0 Å². The summed E-state index contributed by atoms with van der Waals surface area (Å²) in [5.74, 6) is 0.604. The summed E-state index contributed by atoms with van der Waals surface area (Å²) in [6.45, 7) is 5.28. The Hall–Kier alpha value is -2.18. The molecule has 0 amide bonds. The van der Waals surface area contributed by atoms with Crippen LogP contribution in [0.2, 0.25) is 0 Å². The van der Waals surface area contributed by atoms with E-state index < -0.39 is 17.2 Å². The summed E-state index contributed by atoms with van der Waals surface area (Å²) >= 11 is 5.06. The van der Waals surface area contributed by atoms with E-state index in [9.17, 15) is 9.90 Å². The molecule has 1 aliphatic heterocycles. The number of thiocarbonyl (C=S) groups is 1. The number of nitrogens with zero attached hydrogens (tertiary/aromatic N) is 1. The number of fused-ring (bicyclic) bond motifs is 1. The van der Waals surface area contributed by atoms with Crippen molar-refractivity contribution >= 4 is 17.2 Å². The Bertz CT molecular complexity index is 871. The molecule has 0 radical (unpaired) electrons. The van der Waals surface area contributed by atoms with Crippen molar-refractivity contribution < 1.29 is 9.84 Å². The van der Waals surface area contributed by atoms with E-state index >= 15 is 0 Å². The molecule has 2 unspecified atom stereocenters. The molecule has 0 saturated heterocycles. The van der Waals surface area contributed by atoms with Crippen molar-refractivity contribution in [3.63, 3.8) is 0 Å². The molecule has 5 nitrogen and oxygen atoms in total. The first-order valence-electron chi connectivity index (χ1n) is 7.67. The van der Waals surface area contributed by atoms with Gasteiger partial charge in [0.25, 0.3) is 5.56 Å². The smallest absolute Gasteiger partial charge is 0.251 e. The molecule has 6 heteroatoms. The van der Waals surface area contributed by atoms with Crippen molar-refractivity contribution in [2.75, 3.05) is 0 Å². The largest absolute Gasteiger partial charge is 0.484 e. The fraction of sp³-hybridized carbons (Fsp3) is 0.333. The average Bonchev–Trinajstić information content (AvgIpc) is 2.49. The van der Waals surface area contributed by atoms with Crippen molar-refractivity contribution in [2.24, 2.45) is 5.73 Å². The van der Waals surface area contributed by atoms with E-state index in [0.717, 1.165) is 0 Å². The van der Waals surface area contributed by atoms with Gasteiger partial charge in [-0.25, -0.2) is 0 Å². The molecule has 2 atom stereocenters. The van der Waals surface area contributed by atoms with Crippen molar-refractivity contribution in [3.05, 3.63) is 64.1 Å². The molecule has 2 heterocycles. The lowest BCUT2D eigenvalue weighted by Gasteiger charge is -2.50. The van der Waals surface area contributed by atoms with Crippen LogP contribution in [-0.4, -0.2) is 25.9 Å². The number of ether oxygens (including phenoxy) is 1. The van der Waals surface area contributed by atoms with Gasteiger partial charge < -0.3 is 20.1 Å². The summed E-state index contributed by atoms with van der Waals surface area (Å²) in [6.07, 6.45) is 1.67. The van der Waals surface area contributed by atoms with Crippen molar-refractivity contribution in [1.82, 2.24) is 4.57 Å². The van der Waals surface area contributed by atoms with Crippen LogP contribution >= 0.6 is 12.2 Å². The molecular formula is C18H20N2O3S. The van der Waals surface area contributed by atoms with Crippen molar-refractivity contribution in [1.29, 1.82) is 0 Å². The van der Waals surface area contributed by atoms with Crippen LogP contribution in [0.25, 0.3) is 0 Å². The van der Waals surface area contributed by atoms with Gasteiger partial charge in [-0.1, -0.05) is 18.3 Å². The van der Waals surface area contributed by atoms with E-state index in [0.29, 0.717) is 16.9 Å². The number of nitrogens with two attached hydrogens (primary N) is 1. The zero-order valence-electron chi connectivity index (χ0n) is 13.8. The van der Waals surface area contributed by atoms with Crippen LogP contribution in [0.1, 0.15) is 37.9 Å². The predicted molar refractivity (Wildman–Crippen MR) is 96.5 cm³/mol. The molecule has 1 aliphatic rings. The lowest BCUT2D eigenvalue weighted by atomic mass is 9.75. The molecule has 1 aromatic heterocycles. The molecule has 3 N–H and O–H groups in total. The highest BCUT2D eigenvalue weighted by Gasteiger charge is 2.53. The van der Waals surface area contributed by atoms with Gasteiger partial charge in [0.1, 0.15) is 21.9 Å². The van der Waals surface area contributed by atoms with Crippen LogP contribution < -0.4 is 16.0 Å². The van der Waals surface area contributed by atoms with Crippen LogP contribution in [0, 0.1) is 0 Å². The third kappa shape index (κ3) is 2.42. The quantitative estimate of drug-likeness (QED) is 0.815. The van der Waals surface area contributed by atoms with E-state index in [1.807, 2.05) is 0 Å². The van der Waals surface area contributed by atoms with Crippen LogP contribution in [0.5, 0.6) is 5.75 Å². The van der Waals surface area contributed by atoms with Gasteiger partial charge in [0.2, 0.25) is 0 Å². The third-order valence-corrected chi connectivity index (χ3v) is 5.07. The zero-order valence-corrected chi connectivity index (χ0v) is 14.6. The highest BCUT2D eigenvalue weighted by Crippen LogP contribution is 2.47. The third-order valence-electron chi connectivity index (χ3n) is 4.83. The molecule has 126 valence electrons. The molecule has 0 bridgehead atoms. The molecule has 0 fully saturated rings. The number of hydrogen-bond donors (Lipinski definition) is 2. The van der Waals surface area contributed by atoms with E-state index in [-0.39, 0.29) is 10.5 Å². The summed E-state index contributed by atoms with van der Waals surface area (Å²) < 4.78 is 7.53. The molecule has 2 aromatic rings. The van der Waals surface area contributed by atoms with Crippen LogP contribution in [-0.2, 0) is 0 Å². The predicted octanol–water partition coefficient (Wildman–Crippen LogP) is 1.99. The first-order chi connectivity index (χ1) is 11.1. The monoisotopic (exact) mass is 344 g/mol. The van der Waals surface area contributed by atoms with E-state index in [1.165, 1.54) is 10.6 Å². The minimum Gasteiger partial charge on any atom is -0.484 e. The SMILES string of the molecule is CC1(C)Oc2ccc(C(N)=S)cc2C(n2ccccc2=O)C1(C)O. The highest BCUT2D eigenvalue weighted by atomic mass is 32.1. The minimum absolute atomic E-state index is 0.202. The van der Waals surface area contributed by atoms with Crippen molar-refractivity contribution in [3.8, 4) is 5.75 Å². The highest BCUT2D eigenvalue weighted by molar-refractivity contribution is 7.80. The standard InChI is InChI=1S/C18H20N2O3S/c1-17(2)18(3,22)15(20-9-5-4-6-14(20)21)12-10-11(16(19)24)7-8-13(12)23-17/h4-10,15,22H,1-3H3,(H2,19,24). The zero-order chi connectivity index (χ0) is 17.7. The second-order valence-electron chi connectivity index (χ2n) is 6.73. The Morgan fingerprint density at radius 3 is 2.62 bits per heavy atom. The topological polar surface area (TPSA) is 77.5 Å². The van der Waals surface area contributed by atoms with E-state index in [4.69, 9.17) is 22.7 Å². The molecule has 3 rings (SSSR count). The molecule has 0 saturated carbocycles. The Labute approximate surface area is 145 Å². The van der Waals surface area contributed by atoms with Crippen LogP contribution in [0.3, 0.4) is 0 Å². The Kier molecular flexibility index (Phi) is 3.77. The Morgan fingerprint density at radius 1 is 1.29 bits per heavy atom. The number of benzene rings is 1. The molecule has 24 heavy (non-hydrogen) atoms. The number of hydrogen-bond acceptors (Lipinski definition) is 4. The number of rotatable bonds is 2. The Morgan fingerprint density at radius 2 is 2.00 bits per heavy atom. The van der Waals surface area contributed by atoms with Gasteiger partial charge in [0.05, 0.1) is 6.04 Å². The first kappa shape index (κ1) is 16.7. The second kappa shape index (κ2) is 5.43. The van der Waals surface area contributed by atoms with Crippen LogP contribution in [0.4, 0.5) is 0 Å². The average molecular weight is 344 g/mol. The second-order valence-corrected chi connectivity index (χ2v) is 7.17. The van der Waals surface area contributed by atoms with Gasteiger partial charge in [-0.3, -0.25) is 4.79 Å². The molecular weight excluding hydrogens is 324 g/mol. The van der Waals surface area contributed by atoms with Gasteiger partial charge in [0, 0.05) is 23.4 Å². The summed E-state index contributed by atoms with van der Waals surface area (Å²) in [5, 5.41) is 11.3. The summed E-state index contributed by atoms with van der Waals surface area (Å²) in [5.41, 5.74) is 4.65. The van der Waals surface area contributed by atoms with Gasteiger partial charge in [-0.2, -0.15) is 0 Å². The maximum atomic E-state index is 12.4.